The van der Waals surface area contributed by atoms with Crippen LogP contribution < -0.4 is 21.3 Å². The summed E-state index contributed by atoms with van der Waals surface area (Å²) in [6, 6.07) is 8.83. The Morgan fingerprint density at radius 3 is 2.96 bits per heavy atom. The minimum absolute atomic E-state index is 0.00343. The lowest BCUT2D eigenvalue weighted by molar-refractivity contribution is 0.0907. The van der Waals surface area contributed by atoms with E-state index in [1.165, 1.54) is 11.1 Å². The molecule has 1 aliphatic heterocycles. The molecule has 8 heteroatoms. The Morgan fingerprint density at radius 1 is 1.22 bits per heavy atom. The molecular formula is C19H24N6O2. The fourth-order valence-corrected chi connectivity index (χ4v) is 4.57. The summed E-state index contributed by atoms with van der Waals surface area (Å²) in [6.07, 6.45) is 4.51. The predicted octanol–water partition coefficient (Wildman–Crippen LogP) is 1.36. The van der Waals surface area contributed by atoms with Crippen LogP contribution in [-0.2, 0) is 6.42 Å². The molecule has 0 radical (unpaired) electrons. The summed E-state index contributed by atoms with van der Waals surface area (Å²) in [4.78, 5) is 8.90. The molecule has 142 valence electrons. The van der Waals surface area contributed by atoms with Crippen LogP contribution in [0.5, 0.6) is 0 Å². The second-order valence-electron chi connectivity index (χ2n) is 7.60. The van der Waals surface area contributed by atoms with Gasteiger partial charge in [-0.15, -0.1) is 5.53 Å². The molecule has 3 unspecified atom stereocenters. The molecular weight excluding hydrogens is 344 g/mol. The third-order valence-electron chi connectivity index (χ3n) is 6.03. The maximum absolute atomic E-state index is 10.1. The number of aliphatic hydroxyl groups excluding tert-OH is 2. The molecule has 1 aromatic carbocycles. The fourth-order valence-electron chi connectivity index (χ4n) is 4.57. The lowest BCUT2D eigenvalue weighted by atomic mass is 10.1. The molecule has 1 saturated carbocycles. The molecule has 5 rings (SSSR count). The Balaban J connectivity index is 1.38. The molecule has 5 N–H and O–H groups in total. The summed E-state index contributed by atoms with van der Waals surface area (Å²) in [5.74, 6) is 1.46. The highest BCUT2D eigenvalue weighted by atomic mass is 16.3. The van der Waals surface area contributed by atoms with E-state index < -0.39 is 6.10 Å². The third-order valence-corrected chi connectivity index (χ3v) is 6.03. The number of benzene rings is 1. The Bertz CT molecular complexity index is 847. The van der Waals surface area contributed by atoms with E-state index in [2.05, 4.69) is 50.5 Å². The summed E-state index contributed by atoms with van der Waals surface area (Å²) in [6.45, 7) is 0.00343. The van der Waals surface area contributed by atoms with E-state index in [0.717, 1.165) is 30.2 Å². The number of nitrogens with zero attached hydrogens (tertiary/aromatic N) is 3. The monoisotopic (exact) mass is 368 g/mol. The van der Waals surface area contributed by atoms with Gasteiger partial charge in [-0.1, -0.05) is 24.3 Å². The second-order valence-corrected chi connectivity index (χ2v) is 7.60. The first-order chi connectivity index (χ1) is 13.2. The van der Waals surface area contributed by atoms with Crippen LogP contribution in [0.4, 0.5) is 17.3 Å². The number of aliphatic hydroxyl groups is 2. The van der Waals surface area contributed by atoms with Crippen molar-refractivity contribution in [2.24, 2.45) is 5.92 Å². The number of anilines is 3. The number of hydrogen-bond acceptors (Lipinski definition) is 8. The summed E-state index contributed by atoms with van der Waals surface area (Å²) < 4.78 is 0. The summed E-state index contributed by atoms with van der Waals surface area (Å²) in [5.41, 5.74) is 9.89. The average molecular weight is 368 g/mol. The van der Waals surface area contributed by atoms with Crippen molar-refractivity contribution >= 4 is 17.3 Å². The van der Waals surface area contributed by atoms with Crippen molar-refractivity contribution in [2.75, 3.05) is 22.4 Å². The van der Waals surface area contributed by atoms with Gasteiger partial charge in [0.1, 0.15) is 12.0 Å². The molecule has 3 aliphatic rings. The SMILES string of the molecule is OCC1CC(N2NNc3c(N[C@H]4CCc5ccccc54)ncnc32)CC1O. The van der Waals surface area contributed by atoms with E-state index in [4.69, 9.17) is 0 Å². The van der Waals surface area contributed by atoms with Crippen molar-refractivity contribution < 1.29 is 10.2 Å². The molecule has 2 aliphatic carbocycles. The number of nitrogens with one attached hydrogen (secondary N) is 3. The van der Waals surface area contributed by atoms with Crippen LogP contribution in [0, 0.1) is 5.92 Å². The van der Waals surface area contributed by atoms with E-state index in [-0.39, 0.29) is 24.6 Å². The smallest absolute Gasteiger partial charge is 0.174 e. The summed E-state index contributed by atoms with van der Waals surface area (Å²) in [7, 11) is 0. The number of hydrazine groups is 2. The van der Waals surface area contributed by atoms with Gasteiger partial charge in [0, 0.05) is 12.5 Å². The average Bonchev–Trinajstić information content (AvgIpc) is 3.39. The van der Waals surface area contributed by atoms with Crippen molar-refractivity contribution in [3.8, 4) is 0 Å². The van der Waals surface area contributed by atoms with Crippen LogP contribution in [0.1, 0.15) is 36.4 Å². The number of rotatable bonds is 4. The molecule has 1 aromatic heterocycles. The Labute approximate surface area is 157 Å². The van der Waals surface area contributed by atoms with Gasteiger partial charge in [0.15, 0.2) is 11.6 Å². The molecule has 0 amide bonds. The molecule has 2 heterocycles. The second kappa shape index (κ2) is 6.63. The van der Waals surface area contributed by atoms with Gasteiger partial charge in [-0.25, -0.2) is 9.97 Å². The van der Waals surface area contributed by atoms with Crippen LogP contribution >= 0.6 is 0 Å². The zero-order valence-electron chi connectivity index (χ0n) is 15.0. The molecule has 0 saturated heterocycles. The lowest BCUT2D eigenvalue weighted by Crippen LogP contribution is -2.43. The number of aromatic nitrogens is 2. The predicted molar refractivity (Wildman–Crippen MR) is 102 cm³/mol. The van der Waals surface area contributed by atoms with Crippen LogP contribution in [-0.4, -0.2) is 38.9 Å². The van der Waals surface area contributed by atoms with Gasteiger partial charge in [0.05, 0.1) is 18.2 Å². The highest BCUT2D eigenvalue weighted by molar-refractivity contribution is 5.80. The van der Waals surface area contributed by atoms with Crippen molar-refractivity contribution in [3.63, 3.8) is 0 Å². The van der Waals surface area contributed by atoms with Crippen molar-refractivity contribution in [1.29, 1.82) is 0 Å². The summed E-state index contributed by atoms with van der Waals surface area (Å²) >= 11 is 0. The Kier molecular flexibility index (Phi) is 4.11. The van der Waals surface area contributed by atoms with E-state index >= 15 is 0 Å². The van der Waals surface area contributed by atoms with Crippen molar-refractivity contribution in [1.82, 2.24) is 15.5 Å². The van der Waals surface area contributed by atoms with E-state index in [0.29, 0.717) is 12.8 Å². The first kappa shape index (κ1) is 16.7. The number of hydrogen-bond donors (Lipinski definition) is 5. The van der Waals surface area contributed by atoms with Crippen LogP contribution in [0.3, 0.4) is 0 Å². The molecule has 1 fully saturated rings. The molecule has 0 spiro atoms. The van der Waals surface area contributed by atoms with Gasteiger partial charge in [0.2, 0.25) is 0 Å². The van der Waals surface area contributed by atoms with Gasteiger partial charge >= 0.3 is 0 Å². The van der Waals surface area contributed by atoms with Gasteiger partial charge in [-0.05, 0) is 36.8 Å². The van der Waals surface area contributed by atoms with Crippen molar-refractivity contribution in [2.45, 2.75) is 43.9 Å². The molecule has 2 aromatic rings. The van der Waals surface area contributed by atoms with E-state index in [1.807, 2.05) is 5.01 Å². The minimum Gasteiger partial charge on any atom is -0.396 e. The first-order valence-corrected chi connectivity index (χ1v) is 9.53. The van der Waals surface area contributed by atoms with Crippen molar-refractivity contribution in [3.05, 3.63) is 41.7 Å². The molecule has 0 bridgehead atoms. The molecule has 4 atom stereocenters. The van der Waals surface area contributed by atoms with Crippen LogP contribution in [0.2, 0.25) is 0 Å². The topological polar surface area (TPSA) is 106 Å². The number of aryl methyl sites for hydroxylation is 1. The maximum atomic E-state index is 10.1. The standard InChI is InChI=1S/C19H24N6O2/c26-9-12-7-13(8-16(12)27)25-19-17(23-24-25)18(20-10-21-19)22-15-6-5-11-3-1-2-4-14(11)15/h1-4,10,12-13,15-16,23-24,26-27H,5-9H2,(H,20,21,22)/t12?,13?,15-,16?/m0/s1. The Morgan fingerprint density at radius 2 is 2.11 bits per heavy atom. The van der Waals surface area contributed by atoms with E-state index in [1.54, 1.807) is 6.33 Å². The van der Waals surface area contributed by atoms with Gasteiger partial charge in [-0.2, -0.15) is 0 Å². The third kappa shape index (κ3) is 2.80. The zero-order chi connectivity index (χ0) is 18.4. The maximum Gasteiger partial charge on any atom is 0.174 e. The van der Waals surface area contributed by atoms with Crippen LogP contribution in [0.15, 0.2) is 30.6 Å². The van der Waals surface area contributed by atoms with E-state index in [9.17, 15) is 10.2 Å². The quantitative estimate of drug-likeness (QED) is 0.551. The molecule has 8 nitrogen and oxygen atoms in total. The van der Waals surface area contributed by atoms with Crippen LogP contribution in [0.25, 0.3) is 0 Å². The van der Waals surface area contributed by atoms with Gasteiger partial charge in [0.25, 0.3) is 0 Å². The first-order valence-electron chi connectivity index (χ1n) is 9.53. The number of fused-ring (bicyclic) bond motifs is 2. The fraction of sp³-hybridized carbons (Fsp3) is 0.474. The minimum atomic E-state index is -0.486. The Hall–Kier alpha value is -2.42. The zero-order valence-corrected chi connectivity index (χ0v) is 15.0. The molecule has 27 heavy (non-hydrogen) atoms. The highest BCUT2D eigenvalue weighted by Gasteiger charge is 2.39. The largest absolute Gasteiger partial charge is 0.396 e. The lowest BCUT2D eigenvalue weighted by Gasteiger charge is -2.24. The normalized spacial score (nSPS) is 28.7. The van der Waals surface area contributed by atoms with Gasteiger partial charge in [-0.3, -0.25) is 10.4 Å². The van der Waals surface area contributed by atoms with Gasteiger partial charge < -0.3 is 15.5 Å². The summed E-state index contributed by atoms with van der Waals surface area (Å²) in [5, 5.41) is 25.1. The highest BCUT2D eigenvalue weighted by Crippen LogP contribution is 2.40.